The van der Waals surface area contributed by atoms with Crippen molar-refractivity contribution in [2.24, 2.45) is 0 Å². The third kappa shape index (κ3) is 4.35. The lowest BCUT2D eigenvalue weighted by atomic mass is 10.1. The molecule has 0 saturated carbocycles. The van der Waals surface area contributed by atoms with Gasteiger partial charge >= 0.3 is 0 Å². The third-order valence-corrected chi connectivity index (χ3v) is 3.48. The first-order valence-corrected chi connectivity index (χ1v) is 7.28. The third-order valence-electron chi connectivity index (χ3n) is 3.48. The normalized spacial score (nSPS) is 10.2. The van der Waals surface area contributed by atoms with Crippen LogP contribution in [-0.2, 0) is 11.3 Å². The fourth-order valence-electron chi connectivity index (χ4n) is 2.11. The van der Waals surface area contributed by atoms with Gasteiger partial charge in [0.2, 0.25) is 5.91 Å². The smallest absolute Gasteiger partial charge is 0.224 e. The second-order valence-corrected chi connectivity index (χ2v) is 5.26. The van der Waals surface area contributed by atoms with Crippen molar-refractivity contribution in [3.63, 3.8) is 0 Å². The lowest BCUT2D eigenvalue weighted by Crippen LogP contribution is -2.09. The van der Waals surface area contributed by atoms with Gasteiger partial charge in [0, 0.05) is 24.3 Å². The molecule has 0 spiro atoms. The molecule has 0 unspecified atom stereocenters. The minimum Gasteiger partial charge on any atom is -0.381 e. The van der Waals surface area contributed by atoms with Crippen molar-refractivity contribution < 1.29 is 4.79 Å². The van der Waals surface area contributed by atoms with Crippen LogP contribution in [0.4, 0.5) is 11.4 Å². The second-order valence-electron chi connectivity index (χ2n) is 5.26. The van der Waals surface area contributed by atoms with E-state index in [1.54, 1.807) is 0 Å². The number of rotatable bonds is 5. The molecule has 110 valence electrons. The van der Waals surface area contributed by atoms with Gasteiger partial charge in [-0.3, -0.25) is 4.79 Å². The molecule has 1 amide bonds. The van der Waals surface area contributed by atoms with Crippen LogP contribution in [0.3, 0.4) is 0 Å². The van der Waals surface area contributed by atoms with Crippen molar-refractivity contribution in [3.8, 4) is 0 Å². The Morgan fingerprint density at radius 1 is 1.00 bits per heavy atom. The van der Waals surface area contributed by atoms with E-state index in [-0.39, 0.29) is 5.91 Å². The molecule has 0 aliphatic rings. The number of nitrogens with one attached hydrogen (secondary N) is 2. The predicted molar refractivity (Wildman–Crippen MR) is 88.6 cm³/mol. The van der Waals surface area contributed by atoms with Crippen molar-refractivity contribution in [2.75, 3.05) is 10.6 Å². The highest BCUT2D eigenvalue weighted by atomic mass is 16.1. The van der Waals surface area contributed by atoms with E-state index in [2.05, 4.69) is 42.7 Å². The molecule has 0 bridgehead atoms. The summed E-state index contributed by atoms with van der Waals surface area (Å²) in [6, 6.07) is 14.3. The van der Waals surface area contributed by atoms with Crippen LogP contribution in [0.1, 0.15) is 30.0 Å². The molecular formula is C18H22N2O. The van der Waals surface area contributed by atoms with Gasteiger partial charge in [0.15, 0.2) is 0 Å². The number of carbonyl (C=O) groups excluding carboxylic acids is 1. The molecule has 0 saturated heterocycles. The van der Waals surface area contributed by atoms with Crippen LogP contribution in [0.25, 0.3) is 0 Å². The molecule has 2 aromatic rings. The summed E-state index contributed by atoms with van der Waals surface area (Å²) in [4.78, 5) is 11.3. The highest BCUT2D eigenvalue weighted by Crippen LogP contribution is 2.16. The summed E-state index contributed by atoms with van der Waals surface area (Å²) < 4.78 is 0. The van der Waals surface area contributed by atoms with Gasteiger partial charge in [0.1, 0.15) is 0 Å². The predicted octanol–water partition coefficient (Wildman–Crippen LogP) is 4.26. The molecule has 21 heavy (non-hydrogen) atoms. The summed E-state index contributed by atoms with van der Waals surface area (Å²) in [7, 11) is 0. The number of aryl methyl sites for hydroxylation is 2. The monoisotopic (exact) mass is 282 g/mol. The maximum atomic E-state index is 11.3. The van der Waals surface area contributed by atoms with Gasteiger partial charge < -0.3 is 10.6 Å². The Morgan fingerprint density at radius 3 is 2.33 bits per heavy atom. The maximum absolute atomic E-state index is 11.3. The number of anilines is 2. The van der Waals surface area contributed by atoms with E-state index >= 15 is 0 Å². The number of carbonyl (C=O) groups is 1. The average molecular weight is 282 g/mol. The van der Waals surface area contributed by atoms with Crippen molar-refractivity contribution in [1.82, 2.24) is 0 Å². The Morgan fingerprint density at radius 2 is 1.67 bits per heavy atom. The van der Waals surface area contributed by atoms with Crippen LogP contribution in [0.2, 0.25) is 0 Å². The van der Waals surface area contributed by atoms with E-state index < -0.39 is 0 Å². The molecule has 0 aliphatic carbocycles. The summed E-state index contributed by atoms with van der Waals surface area (Å²) in [5, 5.41) is 6.25. The van der Waals surface area contributed by atoms with Crippen LogP contribution in [-0.4, -0.2) is 5.91 Å². The molecule has 0 fully saturated rings. The summed E-state index contributed by atoms with van der Waals surface area (Å²) in [5.41, 5.74) is 5.75. The fourth-order valence-corrected chi connectivity index (χ4v) is 2.11. The molecule has 2 aromatic carbocycles. The molecule has 0 heterocycles. The molecular weight excluding hydrogens is 260 g/mol. The largest absolute Gasteiger partial charge is 0.381 e. The van der Waals surface area contributed by atoms with Crippen LogP contribution < -0.4 is 10.6 Å². The molecule has 0 atom stereocenters. The van der Waals surface area contributed by atoms with Gasteiger partial charge in [-0.25, -0.2) is 0 Å². The van der Waals surface area contributed by atoms with Crippen LogP contribution in [0.15, 0.2) is 42.5 Å². The Hall–Kier alpha value is -2.29. The number of amides is 1. The number of benzene rings is 2. The first-order chi connectivity index (χ1) is 10.1. The van der Waals surface area contributed by atoms with Crippen LogP contribution >= 0.6 is 0 Å². The Kier molecular flexibility index (Phi) is 4.99. The van der Waals surface area contributed by atoms with Gasteiger partial charge in [-0.1, -0.05) is 30.7 Å². The lowest BCUT2D eigenvalue weighted by Gasteiger charge is -2.11. The summed E-state index contributed by atoms with van der Waals surface area (Å²) >= 11 is 0. The molecule has 2 N–H and O–H groups in total. The zero-order chi connectivity index (χ0) is 15.2. The van der Waals surface area contributed by atoms with E-state index in [4.69, 9.17) is 0 Å². The standard InChI is InChI=1S/C18H22N2O/c1-4-18(21)20-17-9-7-16(8-10-17)19-12-15-11-13(2)5-6-14(15)3/h5-11,19H,4,12H2,1-3H3,(H,20,21). The van der Waals surface area contributed by atoms with E-state index in [1.807, 2.05) is 31.2 Å². The van der Waals surface area contributed by atoms with E-state index in [0.717, 1.165) is 17.9 Å². The highest BCUT2D eigenvalue weighted by molar-refractivity contribution is 5.90. The van der Waals surface area contributed by atoms with Gasteiger partial charge in [-0.2, -0.15) is 0 Å². The fraction of sp³-hybridized carbons (Fsp3) is 0.278. The summed E-state index contributed by atoms with van der Waals surface area (Å²) in [5.74, 6) is 0.0334. The molecule has 2 rings (SSSR count). The zero-order valence-electron chi connectivity index (χ0n) is 12.9. The van der Waals surface area contributed by atoms with Crippen molar-refractivity contribution in [2.45, 2.75) is 33.7 Å². The van der Waals surface area contributed by atoms with Gasteiger partial charge in [-0.05, 0) is 49.2 Å². The van der Waals surface area contributed by atoms with Crippen LogP contribution in [0.5, 0.6) is 0 Å². The maximum Gasteiger partial charge on any atom is 0.224 e. The Bertz CT molecular complexity index is 618. The topological polar surface area (TPSA) is 41.1 Å². The minimum atomic E-state index is 0.0334. The second kappa shape index (κ2) is 6.93. The molecule has 0 aromatic heterocycles. The molecule has 3 nitrogen and oxygen atoms in total. The first kappa shape index (κ1) is 15.1. The van der Waals surface area contributed by atoms with Gasteiger partial charge in [-0.15, -0.1) is 0 Å². The zero-order valence-corrected chi connectivity index (χ0v) is 12.9. The Labute approximate surface area is 126 Å². The summed E-state index contributed by atoms with van der Waals surface area (Å²) in [6.45, 7) is 6.87. The average Bonchev–Trinajstić information content (AvgIpc) is 2.49. The van der Waals surface area contributed by atoms with E-state index in [1.165, 1.54) is 16.7 Å². The highest BCUT2D eigenvalue weighted by Gasteiger charge is 2.01. The van der Waals surface area contributed by atoms with Crippen molar-refractivity contribution in [1.29, 1.82) is 0 Å². The molecule has 3 heteroatoms. The Balaban J connectivity index is 1.97. The van der Waals surface area contributed by atoms with Crippen molar-refractivity contribution >= 4 is 17.3 Å². The summed E-state index contributed by atoms with van der Waals surface area (Å²) in [6.07, 6.45) is 0.493. The van der Waals surface area contributed by atoms with Crippen molar-refractivity contribution in [3.05, 3.63) is 59.2 Å². The SMILES string of the molecule is CCC(=O)Nc1ccc(NCc2cc(C)ccc2C)cc1. The van der Waals surface area contributed by atoms with E-state index in [9.17, 15) is 4.79 Å². The number of hydrogen-bond acceptors (Lipinski definition) is 2. The number of hydrogen-bond donors (Lipinski definition) is 2. The minimum absolute atomic E-state index is 0.0334. The lowest BCUT2D eigenvalue weighted by molar-refractivity contribution is -0.115. The molecule has 0 aliphatic heterocycles. The van der Waals surface area contributed by atoms with Gasteiger partial charge in [0.05, 0.1) is 0 Å². The molecule has 0 radical (unpaired) electrons. The van der Waals surface area contributed by atoms with Gasteiger partial charge in [0.25, 0.3) is 0 Å². The van der Waals surface area contributed by atoms with E-state index in [0.29, 0.717) is 6.42 Å². The van der Waals surface area contributed by atoms with Crippen LogP contribution in [0, 0.1) is 13.8 Å². The quantitative estimate of drug-likeness (QED) is 0.860. The first-order valence-electron chi connectivity index (χ1n) is 7.28.